The summed E-state index contributed by atoms with van der Waals surface area (Å²) in [7, 11) is -3.23. The van der Waals surface area contributed by atoms with Gasteiger partial charge in [-0.1, -0.05) is 6.07 Å². The number of sulfone groups is 1. The molecule has 7 heteroatoms. The van der Waals surface area contributed by atoms with Crippen LogP contribution in [0.1, 0.15) is 0 Å². The third kappa shape index (κ3) is 2.03. The van der Waals surface area contributed by atoms with Gasteiger partial charge in [0.1, 0.15) is 0 Å². The van der Waals surface area contributed by atoms with Crippen LogP contribution in [0.25, 0.3) is 5.69 Å². The highest BCUT2D eigenvalue weighted by Crippen LogP contribution is 2.13. The molecular formula is C9H10N4O2S. The number of nitrogen functional groups attached to an aromatic ring is 1. The van der Waals surface area contributed by atoms with Crippen molar-refractivity contribution in [1.82, 2.24) is 15.0 Å². The van der Waals surface area contributed by atoms with Gasteiger partial charge in [0, 0.05) is 6.26 Å². The van der Waals surface area contributed by atoms with Gasteiger partial charge in [-0.25, -0.2) is 8.42 Å². The average molecular weight is 238 g/mol. The molecule has 6 nitrogen and oxygen atoms in total. The van der Waals surface area contributed by atoms with Crippen molar-refractivity contribution < 1.29 is 8.42 Å². The van der Waals surface area contributed by atoms with Crippen LogP contribution in [0.4, 0.5) is 5.82 Å². The van der Waals surface area contributed by atoms with Crippen LogP contribution in [0.2, 0.25) is 0 Å². The number of hydrogen-bond donors (Lipinski definition) is 1. The summed E-state index contributed by atoms with van der Waals surface area (Å²) in [4.78, 5) is 1.50. The summed E-state index contributed by atoms with van der Waals surface area (Å²) in [5, 5.41) is 7.79. The summed E-state index contributed by atoms with van der Waals surface area (Å²) in [6.07, 6.45) is 2.55. The van der Waals surface area contributed by atoms with Gasteiger partial charge >= 0.3 is 0 Å². The van der Waals surface area contributed by atoms with Gasteiger partial charge in [0.15, 0.2) is 15.7 Å². The zero-order chi connectivity index (χ0) is 11.8. The van der Waals surface area contributed by atoms with Crippen molar-refractivity contribution in [2.24, 2.45) is 0 Å². The second kappa shape index (κ2) is 3.60. The molecule has 2 aromatic rings. The minimum Gasteiger partial charge on any atom is -0.381 e. The number of nitrogens with two attached hydrogens (primary N) is 1. The molecular weight excluding hydrogens is 228 g/mol. The van der Waals surface area contributed by atoms with Crippen molar-refractivity contribution in [3.05, 3.63) is 30.5 Å². The number of benzene rings is 1. The van der Waals surface area contributed by atoms with Crippen LogP contribution in [0, 0.1) is 0 Å². The van der Waals surface area contributed by atoms with Gasteiger partial charge in [0.05, 0.1) is 16.8 Å². The van der Waals surface area contributed by atoms with Gasteiger partial charge in [0.25, 0.3) is 0 Å². The van der Waals surface area contributed by atoms with Gasteiger partial charge in [-0.15, -0.1) is 9.90 Å². The first-order valence-electron chi connectivity index (χ1n) is 4.45. The predicted octanol–water partition coefficient (Wildman–Crippen LogP) is 0.253. The zero-order valence-electron chi connectivity index (χ0n) is 8.53. The van der Waals surface area contributed by atoms with E-state index in [1.807, 2.05) is 0 Å². The second-order valence-corrected chi connectivity index (χ2v) is 5.34. The van der Waals surface area contributed by atoms with Gasteiger partial charge in [-0.2, -0.15) is 5.10 Å². The van der Waals surface area contributed by atoms with Crippen molar-refractivity contribution in [3.8, 4) is 5.69 Å². The average Bonchev–Trinajstić information content (AvgIpc) is 2.64. The third-order valence-corrected chi connectivity index (χ3v) is 3.10. The molecule has 0 spiro atoms. The number of rotatable bonds is 2. The molecule has 0 fully saturated rings. The Morgan fingerprint density at radius 3 is 2.69 bits per heavy atom. The maximum atomic E-state index is 11.3. The van der Waals surface area contributed by atoms with Crippen LogP contribution in [-0.2, 0) is 9.84 Å². The molecule has 0 aliphatic rings. The normalized spacial score (nSPS) is 11.6. The van der Waals surface area contributed by atoms with Crippen molar-refractivity contribution in [2.45, 2.75) is 4.90 Å². The van der Waals surface area contributed by atoms with Crippen molar-refractivity contribution >= 4 is 15.7 Å². The fourth-order valence-electron chi connectivity index (χ4n) is 1.24. The molecule has 1 aromatic heterocycles. The second-order valence-electron chi connectivity index (χ2n) is 3.33. The Morgan fingerprint density at radius 1 is 1.38 bits per heavy atom. The molecule has 0 bridgehead atoms. The molecule has 16 heavy (non-hydrogen) atoms. The number of hydrogen-bond acceptors (Lipinski definition) is 5. The first-order valence-corrected chi connectivity index (χ1v) is 6.34. The molecule has 0 saturated carbocycles. The minimum absolute atomic E-state index is 0.223. The number of aromatic nitrogens is 3. The van der Waals surface area contributed by atoms with Crippen LogP contribution in [-0.4, -0.2) is 29.7 Å². The zero-order valence-corrected chi connectivity index (χ0v) is 9.35. The highest BCUT2D eigenvalue weighted by atomic mass is 32.2. The van der Waals surface area contributed by atoms with Crippen LogP contribution < -0.4 is 5.73 Å². The lowest BCUT2D eigenvalue weighted by Gasteiger charge is -2.02. The van der Waals surface area contributed by atoms with Gasteiger partial charge in [0.2, 0.25) is 0 Å². The van der Waals surface area contributed by atoms with Crippen LogP contribution >= 0.6 is 0 Å². The van der Waals surface area contributed by atoms with E-state index in [-0.39, 0.29) is 10.7 Å². The lowest BCUT2D eigenvalue weighted by Crippen LogP contribution is -2.02. The Bertz CT molecular complexity index is 618. The van der Waals surface area contributed by atoms with Crippen LogP contribution in [0.3, 0.4) is 0 Å². The van der Waals surface area contributed by atoms with E-state index in [2.05, 4.69) is 10.2 Å². The highest BCUT2D eigenvalue weighted by molar-refractivity contribution is 7.90. The molecule has 84 valence electrons. The van der Waals surface area contributed by atoms with Crippen LogP contribution in [0.15, 0.2) is 35.4 Å². The monoisotopic (exact) mass is 238 g/mol. The smallest absolute Gasteiger partial charge is 0.175 e. The summed E-state index contributed by atoms with van der Waals surface area (Å²) >= 11 is 0. The Balaban J connectivity index is 2.52. The van der Waals surface area contributed by atoms with Crippen molar-refractivity contribution in [1.29, 1.82) is 0 Å². The Labute approximate surface area is 92.6 Å². The van der Waals surface area contributed by atoms with E-state index in [0.717, 1.165) is 6.26 Å². The summed E-state index contributed by atoms with van der Waals surface area (Å²) < 4.78 is 22.7. The van der Waals surface area contributed by atoms with Crippen molar-refractivity contribution in [2.75, 3.05) is 12.0 Å². The summed E-state index contributed by atoms with van der Waals surface area (Å²) in [6, 6.07) is 6.35. The lowest BCUT2D eigenvalue weighted by atomic mass is 10.3. The fraction of sp³-hybridized carbons (Fsp3) is 0.111. The lowest BCUT2D eigenvalue weighted by molar-refractivity contribution is 0.601. The Morgan fingerprint density at radius 2 is 2.12 bits per heavy atom. The maximum Gasteiger partial charge on any atom is 0.175 e. The van der Waals surface area contributed by atoms with Crippen molar-refractivity contribution in [3.63, 3.8) is 0 Å². The van der Waals surface area contributed by atoms with E-state index in [1.54, 1.807) is 12.1 Å². The maximum absolute atomic E-state index is 11.3. The molecule has 0 atom stereocenters. The van der Waals surface area contributed by atoms with Gasteiger partial charge in [-0.05, 0) is 18.2 Å². The molecule has 0 aliphatic carbocycles. The molecule has 0 saturated heterocycles. The SMILES string of the molecule is CS(=O)(=O)c1cccc(-n2ncc(N)n2)c1. The van der Waals surface area contributed by atoms with Gasteiger partial charge < -0.3 is 5.73 Å². The van der Waals surface area contributed by atoms with E-state index < -0.39 is 9.84 Å². The van der Waals surface area contributed by atoms with E-state index >= 15 is 0 Å². The van der Waals surface area contributed by atoms with E-state index in [1.165, 1.54) is 23.1 Å². The van der Waals surface area contributed by atoms with Crippen LogP contribution in [0.5, 0.6) is 0 Å². The summed E-state index contributed by atoms with van der Waals surface area (Å²) in [5.74, 6) is 0.282. The summed E-state index contributed by atoms with van der Waals surface area (Å²) in [5.41, 5.74) is 5.98. The Hall–Kier alpha value is -1.89. The topological polar surface area (TPSA) is 90.9 Å². The molecule has 0 aliphatic heterocycles. The number of anilines is 1. The highest BCUT2D eigenvalue weighted by Gasteiger charge is 2.08. The standard InChI is InChI=1S/C9H10N4O2S/c1-16(14,15)8-4-2-3-7(5-8)13-11-6-9(10)12-13/h2-6H,1H3,(H2,10,12). The molecule has 0 amide bonds. The first-order chi connectivity index (χ1) is 7.47. The molecule has 0 radical (unpaired) electrons. The van der Waals surface area contributed by atoms with E-state index in [4.69, 9.17) is 5.73 Å². The minimum atomic E-state index is -3.23. The first kappa shape index (κ1) is 10.6. The molecule has 1 aromatic carbocycles. The molecule has 1 heterocycles. The predicted molar refractivity (Wildman–Crippen MR) is 58.9 cm³/mol. The number of nitrogens with zero attached hydrogens (tertiary/aromatic N) is 3. The molecule has 2 rings (SSSR count). The fourth-order valence-corrected chi connectivity index (χ4v) is 1.90. The van der Waals surface area contributed by atoms with Gasteiger partial charge in [-0.3, -0.25) is 0 Å². The largest absolute Gasteiger partial charge is 0.381 e. The molecule has 0 unspecified atom stereocenters. The quantitative estimate of drug-likeness (QED) is 0.810. The molecule has 2 N–H and O–H groups in total. The summed E-state index contributed by atoms with van der Waals surface area (Å²) in [6.45, 7) is 0. The van der Waals surface area contributed by atoms with E-state index in [0.29, 0.717) is 5.69 Å². The van der Waals surface area contributed by atoms with E-state index in [9.17, 15) is 8.42 Å². The Kier molecular flexibility index (Phi) is 2.39. The third-order valence-electron chi connectivity index (χ3n) is 1.99.